The number of hydrogen-bond acceptors (Lipinski definition) is 4. The molecule has 198 valence electrons. The highest BCUT2D eigenvalue weighted by Crippen LogP contribution is 2.44. The molecule has 0 saturated carbocycles. The molecule has 8 heteroatoms. The highest BCUT2D eigenvalue weighted by atomic mass is 35.5. The van der Waals surface area contributed by atoms with Crippen molar-refractivity contribution in [3.05, 3.63) is 123 Å². The maximum absolute atomic E-state index is 12.7. The number of ether oxygens (including phenoxy) is 2. The third kappa shape index (κ3) is 6.03. The number of hydrogen-bond donors (Lipinski definition) is 2. The van der Waals surface area contributed by atoms with Gasteiger partial charge in [-0.2, -0.15) is 0 Å². The second-order valence-electron chi connectivity index (χ2n) is 9.20. The van der Waals surface area contributed by atoms with Crippen LogP contribution in [0.5, 0.6) is 5.75 Å². The van der Waals surface area contributed by atoms with Crippen molar-refractivity contribution >= 4 is 35.3 Å². The van der Waals surface area contributed by atoms with Crippen LogP contribution in [0.25, 0.3) is 11.1 Å². The fourth-order valence-corrected chi connectivity index (χ4v) is 5.27. The van der Waals surface area contributed by atoms with Crippen LogP contribution in [0.1, 0.15) is 28.2 Å². The van der Waals surface area contributed by atoms with Crippen LogP contribution in [0.3, 0.4) is 0 Å². The highest BCUT2D eigenvalue weighted by molar-refractivity contribution is 6.35. The first-order valence-corrected chi connectivity index (χ1v) is 13.1. The zero-order chi connectivity index (χ0) is 27.4. The molecular weight excluding hydrogens is 537 g/mol. The summed E-state index contributed by atoms with van der Waals surface area (Å²) >= 11 is 12.2. The van der Waals surface area contributed by atoms with Gasteiger partial charge in [0.2, 0.25) is 0 Å². The Morgan fingerprint density at radius 1 is 0.846 bits per heavy atom. The number of amides is 1. The highest BCUT2D eigenvalue weighted by Gasteiger charge is 2.30. The average molecular weight is 562 g/mol. The molecule has 0 radical (unpaired) electrons. The number of carboxylic acids is 1. The summed E-state index contributed by atoms with van der Waals surface area (Å²) in [5.41, 5.74) is 5.74. The molecule has 0 aliphatic heterocycles. The van der Waals surface area contributed by atoms with Crippen molar-refractivity contribution in [1.29, 1.82) is 0 Å². The molecular formula is C31H25Cl2NO5. The molecule has 4 aromatic carbocycles. The number of para-hydroxylation sites is 1. The smallest absolute Gasteiger partial charge is 0.407 e. The third-order valence-electron chi connectivity index (χ3n) is 6.73. The largest absolute Gasteiger partial charge is 0.489 e. The van der Waals surface area contributed by atoms with E-state index < -0.39 is 18.1 Å². The molecule has 0 heterocycles. The minimum atomic E-state index is -1.22. The third-order valence-corrected chi connectivity index (χ3v) is 7.32. The van der Waals surface area contributed by atoms with Crippen LogP contribution in [0, 0.1) is 0 Å². The van der Waals surface area contributed by atoms with Crippen LogP contribution in [0.2, 0.25) is 10.0 Å². The molecule has 0 aromatic heterocycles. The van der Waals surface area contributed by atoms with Crippen LogP contribution < -0.4 is 10.1 Å². The number of carbonyl (C=O) groups is 2. The maximum atomic E-state index is 12.7. The van der Waals surface area contributed by atoms with Gasteiger partial charge in [-0.3, -0.25) is 0 Å². The number of aliphatic carboxylic acids is 1. The number of carboxylic acid groups (broad SMARTS) is 1. The molecule has 0 bridgehead atoms. The van der Waals surface area contributed by atoms with Gasteiger partial charge in [-0.15, -0.1) is 0 Å². The molecule has 5 rings (SSSR count). The summed E-state index contributed by atoms with van der Waals surface area (Å²) in [7, 11) is 0. The van der Waals surface area contributed by atoms with Gasteiger partial charge in [0.15, 0.2) is 0 Å². The predicted molar refractivity (Wildman–Crippen MR) is 151 cm³/mol. The Hall–Kier alpha value is -4.00. The first kappa shape index (κ1) is 26.6. The topological polar surface area (TPSA) is 84.9 Å². The molecule has 6 nitrogen and oxygen atoms in total. The molecule has 1 atom stereocenters. The minimum absolute atomic E-state index is 0.00402. The Labute approximate surface area is 236 Å². The van der Waals surface area contributed by atoms with Crippen molar-refractivity contribution in [2.75, 3.05) is 6.61 Å². The lowest BCUT2D eigenvalue weighted by molar-refractivity contribution is -0.139. The van der Waals surface area contributed by atoms with Crippen LogP contribution in [0.4, 0.5) is 4.79 Å². The van der Waals surface area contributed by atoms with E-state index in [1.807, 2.05) is 36.4 Å². The zero-order valence-corrected chi connectivity index (χ0v) is 22.3. The fourth-order valence-electron chi connectivity index (χ4n) is 4.81. The van der Waals surface area contributed by atoms with Crippen molar-refractivity contribution in [1.82, 2.24) is 5.32 Å². The number of benzene rings is 4. The summed E-state index contributed by atoms with van der Waals surface area (Å²) < 4.78 is 11.5. The van der Waals surface area contributed by atoms with Crippen molar-refractivity contribution < 1.29 is 24.2 Å². The van der Waals surface area contributed by atoms with E-state index in [1.165, 1.54) is 0 Å². The van der Waals surface area contributed by atoms with Gasteiger partial charge >= 0.3 is 12.1 Å². The minimum Gasteiger partial charge on any atom is -0.489 e. The molecule has 0 spiro atoms. The number of carbonyl (C=O) groups excluding carboxylic acids is 1. The van der Waals surface area contributed by atoms with Gasteiger partial charge < -0.3 is 19.9 Å². The van der Waals surface area contributed by atoms with Crippen LogP contribution in [0.15, 0.2) is 91.0 Å². The standard InChI is InChI=1S/C31H25Cl2NO5/c32-21-14-13-20(27(33)16-21)17-38-29-12-6-1-7-19(29)15-28(30(35)36)34-31(37)39-18-26-24-10-4-2-8-22(24)23-9-3-5-11-25(23)26/h1-14,16,26,28H,15,17-18H2,(H,34,37)(H,35,36). The van der Waals surface area contributed by atoms with Crippen molar-refractivity contribution in [3.63, 3.8) is 0 Å². The lowest BCUT2D eigenvalue weighted by Crippen LogP contribution is -2.43. The molecule has 39 heavy (non-hydrogen) atoms. The van der Waals surface area contributed by atoms with E-state index >= 15 is 0 Å². The summed E-state index contributed by atoms with van der Waals surface area (Å²) in [6.45, 7) is 0.262. The summed E-state index contributed by atoms with van der Waals surface area (Å²) in [5, 5.41) is 13.3. The monoisotopic (exact) mass is 561 g/mol. The van der Waals surface area contributed by atoms with E-state index in [1.54, 1.807) is 42.5 Å². The van der Waals surface area contributed by atoms with Crippen LogP contribution >= 0.6 is 23.2 Å². The molecule has 1 amide bonds. The summed E-state index contributed by atoms with van der Waals surface area (Å²) in [5.74, 6) is -0.816. The molecule has 2 N–H and O–H groups in total. The van der Waals surface area contributed by atoms with Crippen molar-refractivity contribution in [3.8, 4) is 16.9 Å². The fraction of sp³-hybridized carbons (Fsp3) is 0.161. The summed E-state index contributed by atoms with van der Waals surface area (Å²) in [6.07, 6.45) is -0.792. The molecule has 1 aliphatic carbocycles. The molecule has 0 fully saturated rings. The van der Waals surface area contributed by atoms with Gasteiger partial charge in [-0.05, 0) is 46.0 Å². The second-order valence-corrected chi connectivity index (χ2v) is 10.0. The SMILES string of the molecule is O=C(NC(Cc1ccccc1OCc1ccc(Cl)cc1Cl)C(=O)O)OCC1c2ccccc2-c2ccccc21. The molecule has 1 aliphatic rings. The molecule has 4 aromatic rings. The number of fused-ring (bicyclic) bond motifs is 3. The van der Waals surface area contributed by atoms with Crippen LogP contribution in [-0.4, -0.2) is 29.8 Å². The lowest BCUT2D eigenvalue weighted by Gasteiger charge is -2.19. The first-order valence-electron chi connectivity index (χ1n) is 12.4. The van der Waals surface area contributed by atoms with E-state index in [9.17, 15) is 14.7 Å². The normalized spacial score (nSPS) is 12.8. The Morgan fingerprint density at radius 3 is 2.15 bits per heavy atom. The van der Waals surface area contributed by atoms with Crippen molar-refractivity contribution in [2.24, 2.45) is 0 Å². The van der Waals surface area contributed by atoms with E-state index in [2.05, 4.69) is 17.4 Å². The molecule has 1 unspecified atom stereocenters. The van der Waals surface area contributed by atoms with Gasteiger partial charge in [0, 0.05) is 27.9 Å². The summed E-state index contributed by atoms with van der Waals surface area (Å²) in [4.78, 5) is 24.8. The number of nitrogens with one attached hydrogen (secondary N) is 1. The predicted octanol–water partition coefficient (Wildman–Crippen LogP) is 7.11. The number of rotatable bonds is 9. The summed E-state index contributed by atoms with van der Waals surface area (Å²) in [6, 6.07) is 27.0. The van der Waals surface area contributed by atoms with Crippen LogP contribution in [-0.2, 0) is 22.6 Å². The first-order chi connectivity index (χ1) is 18.9. The lowest BCUT2D eigenvalue weighted by atomic mass is 9.98. The van der Waals surface area contributed by atoms with Crippen molar-refractivity contribution in [2.45, 2.75) is 25.0 Å². The quantitative estimate of drug-likeness (QED) is 0.227. The number of halogens is 2. The Bertz CT molecular complexity index is 1480. The number of alkyl carbamates (subject to hydrolysis) is 1. The van der Waals surface area contributed by atoms with Gasteiger partial charge in [0.25, 0.3) is 0 Å². The van der Waals surface area contributed by atoms with Gasteiger partial charge in [-0.25, -0.2) is 9.59 Å². The van der Waals surface area contributed by atoms with E-state index in [0.717, 1.165) is 27.8 Å². The van der Waals surface area contributed by atoms with Gasteiger partial charge in [0.1, 0.15) is 25.0 Å². The zero-order valence-electron chi connectivity index (χ0n) is 20.8. The van der Waals surface area contributed by atoms with E-state index in [-0.39, 0.29) is 25.6 Å². The van der Waals surface area contributed by atoms with Gasteiger partial charge in [-0.1, -0.05) is 96.0 Å². The Morgan fingerprint density at radius 2 is 1.49 bits per heavy atom. The second kappa shape index (κ2) is 11.8. The molecule has 0 saturated heterocycles. The van der Waals surface area contributed by atoms with E-state index in [0.29, 0.717) is 21.4 Å². The van der Waals surface area contributed by atoms with E-state index in [4.69, 9.17) is 32.7 Å². The maximum Gasteiger partial charge on any atom is 0.407 e. The average Bonchev–Trinajstić information content (AvgIpc) is 3.25. The Kier molecular flexibility index (Phi) is 8.05. The van der Waals surface area contributed by atoms with Gasteiger partial charge in [0.05, 0.1) is 0 Å². The Balaban J connectivity index is 1.24.